The first-order valence-corrected chi connectivity index (χ1v) is 7.59. The lowest BCUT2D eigenvalue weighted by Crippen LogP contribution is -2.31. The van der Waals surface area contributed by atoms with Crippen LogP contribution in [0.4, 0.5) is 4.39 Å². The Bertz CT molecular complexity index is 628. The fourth-order valence-electron chi connectivity index (χ4n) is 2.16. The second-order valence-electron chi connectivity index (χ2n) is 5.23. The number of carbonyl (C=O) groups is 1. The first-order chi connectivity index (χ1) is 9.99. The molecule has 1 atom stereocenters. The summed E-state index contributed by atoms with van der Waals surface area (Å²) in [6.07, 6.45) is 0. The summed E-state index contributed by atoms with van der Waals surface area (Å²) in [5.74, 6) is -0.482. The quantitative estimate of drug-likeness (QED) is 0.850. The highest BCUT2D eigenvalue weighted by molar-refractivity contribution is 9.10. The first kappa shape index (κ1) is 15.7. The van der Waals surface area contributed by atoms with Crippen LogP contribution in [0.15, 0.2) is 53.0 Å². The Kier molecular flexibility index (Phi) is 5.12. The molecule has 0 bridgehead atoms. The Balaban J connectivity index is 2.21. The molecule has 110 valence electrons. The Morgan fingerprint density at radius 3 is 2.38 bits per heavy atom. The molecule has 0 aliphatic rings. The second kappa shape index (κ2) is 6.85. The highest BCUT2D eigenvalue weighted by atomic mass is 79.9. The SMILES string of the molecule is CC(C)C(NC(=O)c1ccc(Br)c(F)c1)c1ccccc1. The molecule has 2 aromatic carbocycles. The number of benzene rings is 2. The van der Waals surface area contributed by atoms with Crippen molar-refractivity contribution in [2.24, 2.45) is 5.92 Å². The van der Waals surface area contributed by atoms with Crippen molar-refractivity contribution in [1.29, 1.82) is 0 Å². The van der Waals surface area contributed by atoms with Crippen molar-refractivity contribution in [3.05, 3.63) is 69.9 Å². The lowest BCUT2D eigenvalue weighted by molar-refractivity contribution is 0.0925. The van der Waals surface area contributed by atoms with Crippen molar-refractivity contribution in [3.8, 4) is 0 Å². The number of hydrogen-bond donors (Lipinski definition) is 1. The Morgan fingerprint density at radius 1 is 1.14 bits per heavy atom. The average Bonchev–Trinajstić information content (AvgIpc) is 2.48. The molecule has 1 N–H and O–H groups in total. The van der Waals surface area contributed by atoms with Gasteiger partial charge < -0.3 is 5.32 Å². The van der Waals surface area contributed by atoms with E-state index < -0.39 is 5.82 Å². The van der Waals surface area contributed by atoms with Crippen LogP contribution in [0.5, 0.6) is 0 Å². The molecule has 0 aliphatic heterocycles. The molecule has 0 aromatic heterocycles. The van der Waals surface area contributed by atoms with Gasteiger partial charge in [0, 0.05) is 5.56 Å². The van der Waals surface area contributed by atoms with Gasteiger partial charge in [0.25, 0.3) is 5.91 Å². The summed E-state index contributed by atoms with van der Waals surface area (Å²) in [6, 6.07) is 14.0. The summed E-state index contributed by atoms with van der Waals surface area (Å²) >= 11 is 3.08. The molecule has 2 aromatic rings. The average molecular weight is 350 g/mol. The van der Waals surface area contributed by atoms with Gasteiger partial charge in [0.1, 0.15) is 5.82 Å². The van der Waals surface area contributed by atoms with Gasteiger partial charge in [0.15, 0.2) is 0 Å². The summed E-state index contributed by atoms with van der Waals surface area (Å²) < 4.78 is 13.9. The molecule has 0 saturated carbocycles. The molecule has 1 unspecified atom stereocenters. The van der Waals surface area contributed by atoms with Crippen LogP contribution in [-0.4, -0.2) is 5.91 Å². The van der Waals surface area contributed by atoms with Gasteiger partial charge >= 0.3 is 0 Å². The molecule has 2 rings (SSSR count). The van der Waals surface area contributed by atoms with Crippen molar-refractivity contribution >= 4 is 21.8 Å². The van der Waals surface area contributed by atoms with E-state index in [0.717, 1.165) is 5.56 Å². The first-order valence-electron chi connectivity index (χ1n) is 6.80. The fraction of sp³-hybridized carbons (Fsp3) is 0.235. The predicted molar refractivity (Wildman–Crippen MR) is 85.6 cm³/mol. The van der Waals surface area contributed by atoms with Gasteiger partial charge in [-0.2, -0.15) is 0 Å². The van der Waals surface area contributed by atoms with E-state index in [1.54, 1.807) is 6.07 Å². The third kappa shape index (κ3) is 3.91. The molecule has 2 nitrogen and oxygen atoms in total. The van der Waals surface area contributed by atoms with Gasteiger partial charge in [-0.15, -0.1) is 0 Å². The molecule has 0 heterocycles. The smallest absolute Gasteiger partial charge is 0.251 e. The lowest BCUT2D eigenvalue weighted by Gasteiger charge is -2.23. The predicted octanol–water partition coefficient (Wildman–Crippen LogP) is 4.72. The zero-order chi connectivity index (χ0) is 15.4. The fourth-order valence-corrected chi connectivity index (χ4v) is 2.40. The van der Waals surface area contributed by atoms with Gasteiger partial charge in [0.2, 0.25) is 0 Å². The molecular formula is C17H17BrFNO. The number of rotatable bonds is 4. The van der Waals surface area contributed by atoms with Crippen LogP contribution in [0.25, 0.3) is 0 Å². The van der Waals surface area contributed by atoms with Crippen molar-refractivity contribution in [2.45, 2.75) is 19.9 Å². The van der Waals surface area contributed by atoms with Crippen LogP contribution >= 0.6 is 15.9 Å². The van der Waals surface area contributed by atoms with Crippen molar-refractivity contribution in [3.63, 3.8) is 0 Å². The molecule has 0 spiro atoms. The molecule has 0 aliphatic carbocycles. The molecule has 4 heteroatoms. The number of amides is 1. The Morgan fingerprint density at radius 2 is 1.81 bits per heavy atom. The van der Waals surface area contributed by atoms with E-state index in [1.165, 1.54) is 12.1 Å². The van der Waals surface area contributed by atoms with Gasteiger partial charge in [-0.05, 0) is 45.6 Å². The highest BCUT2D eigenvalue weighted by Crippen LogP contribution is 2.22. The molecule has 0 saturated heterocycles. The molecule has 21 heavy (non-hydrogen) atoms. The lowest BCUT2D eigenvalue weighted by atomic mass is 9.95. The second-order valence-corrected chi connectivity index (χ2v) is 6.09. The summed E-state index contributed by atoms with van der Waals surface area (Å²) in [5, 5.41) is 2.97. The zero-order valence-electron chi connectivity index (χ0n) is 11.9. The monoisotopic (exact) mass is 349 g/mol. The highest BCUT2D eigenvalue weighted by Gasteiger charge is 2.19. The van der Waals surface area contributed by atoms with Crippen LogP contribution in [0.3, 0.4) is 0 Å². The maximum atomic E-state index is 13.5. The summed E-state index contributed by atoms with van der Waals surface area (Å²) in [7, 11) is 0. The van der Waals surface area contributed by atoms with Crippen LogP contribution in [0, 0.1) is 11.7 Å². The van der Waals surface area contributed by atoms with Crippen molar-refractivity contribution in [1.82, 2.24) is 5.32 Å². The van der Waals surface area contributed by atoms with E-state index >= 15 is 0 Å². The largest absolute Gasteiger partial charge is 0.345 e. The van der Waals surface area contributed by atoms with Gasteiger partial charge in [-0.1, -0.05) is 44.2 Å². The van der Waals surface area contributed by atoms with Crippen LogP contribution < -0.4 is 5.32 Å². The van der Waals surface area contributed by atoms with Gasteiger partial charge in [-0.25, -0.2) is 4.39 Å². The summed E-state index contributed by atoms with van der Waals surface area (Å²) in [4.78, 5) is 12.3. The van der Waals surface area contributed by atoms with Crippen molar-refractivity contribution < 1.29 is 9.18 Å². The number of halogens is 2. The topological polar surface area (TPSA) is 29.1 Å². The number of nitrogens with one attached hydrogen (secondary N) is 1. The van der Waals surface area contributed by atoms with Gasteiger partial charge in [-0.3, -0.25) is 4.79 Å². The number of hydrogen-bond acceptors (Lipinski definition) is 1. The molecular weight excluding hydrogens is 333 g/mol. The van der Waals surface area contributed by atoms with E-state index in [0.29, 0.717) is 10.0 Å². The normalized spacial score (nSPS) is 12.2. The van der Waals surface area contributed by atoms with Crippen LogP contribution in [0.2, 0.25) is 0 Å². The van der Waals surface area contributed by atoms with E-state index in [4.69, 9.17) is 0 Å². The molecule has 0 fully saturated rings. The zero-order valence-corrected chi connectivity index (χ0v) is 13.5. The van der Waals surface area contributed by atoms with E-state index in [1.807, 2.05) is 44.2 Å². The number of carbonyl (C=O) groups excluding carboxylic acids is 1. The van der Waals surface area contributed by atoms with Crippen LogP contribution in [0.1, 0.15) is 35.8 Å². The van der Waals surface area contributed by atoms with E-state index in [2.05, 4.69) is 21.2 Å². The summed E-state index contributed by atoms with van der Waals surface area (Å²) in [5.41, 5.74) is 1.36. The molecule has 0 radical (unpaired) electrons. The summed E-state index contributed by atoms with van der Waals surface area (Å²) in [6.45, 7) is 4.08. The Hall–Kier alpha value is -1.68. The minimum absolute atomic E-state index is 0.106. The maximum absolute atomic E-state index is 13.5. The van der Waals surface area contributed by atoms with Crippen molar-refractivity contribution in [2.75, 3.05) is 0 Å². The minimum atomic E-state index is -0.441. The van der Waals surface area contributed by atoms with E-state index in [-0.39, 0.29) is 17.9 Å². The molecule has 1 amide bonds. The third-order valence-electron chi connectivity index (χ3n) is 3.29. The van der Waals surface area contributed by atoms with Gasteiger partial charge in [0.05, 0.1) is 10.5 Å². The minimum Gasteiger partial charge on any atom is -0.345 e. The standard InChI is InChI=1S/C17H17BrFNO/c1-11(2)16(12-6-4-3-5-7-12)20-17(21)13-8-9-14(18)15(19)10-13/h3-11,16H,1-2H3,(H,20,21). The Labute approximate surface area is 132 Å². The van der Waals surface area contributed by atoms with Crippen LogP contribution in [-0.2, 0) is 0 Å². The van der Waals surface area contributed by atoms with E-state index in [9.17, 15) is 9.18 Å². The maximum Gasteiger partial charge on any atom is 0.251 e. The third-order valence-corrected chi connectivity index (χ3v) is 3.94.